The molecule has 0 fully saturated rings. The van der Waals surface area contributed by atoms with Crippen molar-refractivity contribution >= 4 is 51.2 Å². The minimum Gasteiger partial charge on any atom is -0.480 e. The van der Waals surface area contributed by atoms with Gasteiger partial charge in [-0.05, 0) is 37.8 Å². The number of aldehydes is 2. The van der Waals surface area contributed by atoms with Crippen molar-refractivity contribution in [3.05, 3.63) is 33.7 Å². The minimum absolute atomic E-state index is 0.00260. The van der Waals surface area contributed by atoms with Crippen molar-refractivity contribution in [1.82, 2.24) is 10.2 Å². The van der Waals surface area contributed by atoms with E-state index < -0.39 is 45.1 Å². The number of nitrogens with zero attached hydrogens (tertiary/aromatic N) is 1. The molecule has 2 rings (SSSR count). The van der Waals surface area contributed by atoms with Crippen molar-refractivity contribution in [2.24, 2.45) is 0 Å². The lowest BCUT2D eigenvalue weighted by atomic mass is 10.0. The van der Waals surface area contributed by atoms with E-state index in [1.54, 1.807) is 0 Å². The third-order valence-corrected chi connectivity index (χ3v) is 6.46. The van der Waals surface area contributed by atoms with Gasteiger partial charge in [-0.25, -0.2) is 4.79 Å². The lowest BCUT2D eigenvalue weighted by molar-refractivity contribution is -0.139. The summed E-state index contributed by atoms with van der Waals surface area (Å²) in [5.74, 6) is -1.67. The molecule has 14 heteroatoms. The van der Waals surface area contributed by atoms with E-state index in [0.29, 0.717) is 31.0 Å². The Morgan fingerprint density at radius 1 is 1.25 bits per heavy atom. The maximum absolute atomic E-state index is 12.4. The summed E-state index contributed by atoms with van der Waals surface area (Å²) in [6, 6.07) is 1.42. The fourth-order valence-electron chi connectivity index (χ4n) is 3.71. The molecule has 0 bridgehead atoms. The lowest BCUT2D eigenvalue weighted by Crippen LogP contribution is -2.41. The Kier molecular flexibility index (Phi) is 9.84. The second-order valence-electron chi connectivity index (χ2n) is 8.07. The van der Waals surface area contributed by atoms with Crippen LogP contribution >= 0.6 is 0 Å². The number of nitrogens with two attached hydrogens (primary N) is 1. The van der Waals surface area contributed by atoms with Crippen molar-refractivity contribution in [3.63, 3.8) is 0 Å². The van der Waals surface area contributed by atoms with Crippen LogP contribution in [0.25, 0.3) is 11.0 Å². The Labute approximate surface area is 206 Å². The number of carbonyl (C=O) groups is 4. The number of hydrogen-bond donors (Lipinski definition) is 4. The molecule has 0 saturated heterocycles. The fraction of sp³-hybridized carbons (Fsp3) is 0.409. The summed E-state index contributed by atoms with van der Waals surface area (Å²) in [7, 11) is -4.62. The molecule has 0 aliphatic heterocycles. The molecule has 1 aromatic carbocycles. The number of hydrogen-bond acceptors (Lipinski definition) is 10. The van der Waals surface area contributed by atoms with Crippen LogP contribution in [0.5, 0.6) is 0 Å². The zero-order valence-electron chi connectivity index (χ0n) is 19.4. The van der Waals surface area contributed by atoms with Crippen molar-refractivity contribution in [1.29, 1.82) is 0 Å². The second kappa shape index (κ2) is 12.4. The zero-order valence-corrected chi connectivity index (χ0v) is 20.2. The van der Waals surface area contributed by atoms with Crippen LogP contribution in [-0.2, 0) is 35.7 Å². The molecule has 0 saturated carbocycles. The molecule has 1 atom stereocenters. The van der Waals surface area contributed by atoms with Gasteiger partial charge in [-0.3, -0.25) is 19.0 Å². The molecule has 36 heavy (non-hydrogen) atoms. The van der Waals surface area contributed by atoms with E-state index >= 15 is 0 Å². The molecule has 0 radical (unpaired) electrons. The summed E-state index contributed by atoms with van der Waals surface area (Å²) >= 11 is 0. The highest BCUT2D eigenvalue weighted by Gasteiger charge is 2.21. The van der Waals surface area contributed by atoms with Crippen molar-refractivity contribution < 1.29 is 41.7 Å². The van der Waals surface area contributed by atoms with Gasteiger partial charge in [-0.2, -0.15) is 8.42 Å². The quantitative estimate of drug-likeness (QED) is 0.0837. The highest BCUT2D eigenvalue weighted by molar-refractivity contribution is 7.86. The molecule has 196 valence electrons. The number of aliphatic carboxylic acids is 1. The second-order valence-corrected chi connectivity index (χ2v) is 9.46. The molecule has 1 heterocycles. The molecule has 1 unspecified atom stereocenters. The summed E-state index contributed by atoms with van der Waals surface area (Å²) < 4.78 is 37.6. The highest BCUT2D eigenvalue weighted by Crippen LogP contribution is 2.28. The van der Waals surface area contributed by atoms with E-state index in [1.807, 2.05) is 0 Å². The topological polar surface area (TPSA) is 214 Å². The molecular weight excluding hydrogens is 498 g/mol. The number of fused-ring (bicyclic) bond motifs is 1. The molecule has 0 spiro atoms. The summed E-state index contributed by atoms with van der Waals surface area (Å²) in [6.07, 6.45) is 1.93. The van der Waals surface area contributed by atoms with Crippen molar-refractivity contribution in [2.75, 3.05) is 25.4 Å². The zero-order chi connectivity index (χ0) is 27.0. The van der Waals surface area contributed by atoms with E-state index in [9.17, 15) is 36.9 Å². The van der Waals surface area contributed by atoms with Crippen LogP contribution in [0.4, 0.5) is 5.69 Å². The van der Waals surface area contributed by atoms with Gasteiger partial charge in [-0.15, -0.1) is 0 Å². The van der Waals surface area contributed by atoms with Crippen molar-refractivity contribution in [3.8, 4) is 0 Å². The number of carboxylic acid groups (broad SMARTS) is 1. The number of unbranched alkanes of at least 4 members (excludes halogenated alkanes) is 1. The monoisotopic (exact) mass is 525 g/mol. The molecule has 1 aromatic heterocycles. The number of carbonyl (C=O) groups excluding carboxylic acids is 3. The van der Waals surface area contributed by atoms with Crippen molar-refractivity contribution in [2.45, 2.75) is 43.5 Å². The molecule has 2 aromatic rings. The molecule has 0 aliphatic carbocycles. The van der Waals surface area contributed by atoms with Crippen LogP contribution in [0.1, 0.15) is 30.4 Å². The Bertz CT molecular complexity index is 1320. The van der Waals surface area contributed by atoms with Crippen LogP contribution in [-0.4, -0.2) is 73.1 Å². The number of aryl methyl sites for hydroxylation is 1. The number of anilines is 1. The predicted octanol–water partition coefficient (Wildman–Crippen LogP) is -0.0877. The van der Waals surface area contributed by atoms with Gasteiger partial charge in [0.05, 0.1) is 36.8 Å². The maximum atomic E-state index is 12.4. The normalized spacial score (nSPS) is 12.4. The van der Waals surface area contributed by atoms with Gasteiger partial charge in [0.15, 0.2) is 0 Å². The number of amides is 1. The smallest absolute Gasteiger partial charge is 0.340 e. The SMILES string of the molecule is Cc1c(CC(=O)NCCCCC(C=O)N(CC=O)CC(=O)O)c(=O)oc2cc(N)c(S(=O)(=O)O)cc12. The maximum Gasteiger partial charge on any atom is 0.340 e. The summed E-state index contributed by atoms with van der Waals surface area (Å²) in [5, 5.41) is 11.7. The van der Waals surface area contributed by atoms with E-state index in [0.717, 1.165) is 12.1 Å². The van der Waals surface area contributed by atoms with Crippen LogP contribution in [0.2, 0.25) is 0 Å². The first kappa shape index (κ1) is 28.6. The van der Waals surface area contributed by atoms with Crippen LogP contribution in [0.3, 0.4) is 0 Å². The van der Waals surface area contributed by atoms with Gasteiger partial charge in [-0.1, -0.05) is 0 Å². The first-order valence-electron chi connectivity index (χ1n) is 10.8. The Hall–Kier alpha value is -3.62. The molecule has 1 amide bonds. The number of carboxylic acids is 1. The Morgan fingerprint density at radius 3 is 2.53 bits per heavy atom. The van der Waals surface area contributed by atoms with E-state index in [4.69, 9.17) is 15.3 Å². The summed E-state index contributed by atoms with van der Waals surface area (Å²) in [4.78, 5) is 58.4. The fourth-order valence-corrected chi connectivity index (χ4v) is 4.33. The average molecular weight is 526 g/mol. The van der Waals surface area contributed by atoms with Crippen LogP contribution in [0.15, 0.2) is 26.2 Å². The number of benzene rings is 1. The number of nitrogens with one attached hydrogen (secondary N) is 1. The van der Waals surface area contributed by atoms with E-state index in [-0.39, 0.29) is 48.2 Å². The van der Waals surface area contributed by atoms with Gasteiger partial charge in [0.25, 0.3) is 10.1 Å². The number of rotatable bonds is 14. The van der Waals surface area contributed by atoms with Gasteiger partial charge < -0.3 is 30.2 Å². The lowest BCUT2D eigenvalue weighted by Gasteiger charge is -2.24. The Morgan fingerprint density at radius 2 is 1.94 bits per heavy atom. The Balaban J connectivity index is 2.01. The van der Waals surface area contributed by atoms with Gasteiger partial charge in [0.2, 0.25) is 5.91 Å². The summed E-state index contributed by atoms with van der Waals surface area (Å²) in [5.41, 5.74) is 4.83. The predicted molar refractivity (Wildman–Crippen MR) is 127 cm³/mol. The molecule has 5 N–H and O–H groups in total. The standard InChI is InChI=1S/C22H27N3O10S/c1-13-15-8-19(36(32,33)34)17(23)10-18(15)35-22(31)16(13)9-20(28)24-5-3-2-4-14(12-27)25(6-7-26)11-21(29)30/h7-8,10,12,14H,2-6,9,11,23H2,1H3,(H,24,28)(H,29,30)(H,32,33,34). The van der Waals surface area contributed by atoms with Crippen LogP contribution < -0.4 is 16.7 Å². The third-order valence-electron chi connectivity index (χ3n) is 5.56. The first-order chi connectivity index (χ1) is 16.9. The average Bonchev–Trinajstić information content (AvgIpc) is 2.77. The number of nitrogen functional groups attached to an aromatic ring is 1. The highest BCUT2D eigenvalue weighted by atomic mass is 32.2. The van der Waals surface area contributed by atoms with Gasteiger partial charge >= 0.3 is 11.6 Å². The van der Waals surface area contributed by atoms with E-state index in [2.05, 4.69) is 5.32 Å². The van der Waals surface area contributed by atoms with Gasteiger partial charge in [0.1, 0.15) is 23.1 Å². The van der Waals surface area contributed by atoms with Gasteiger partial charge in [0, 0.05) is 18.0 Å². The molecule has 0 aliphatic rings. The summed E-state index contributed by atoms with van der Waals surface area (Å²) in [6.45, 7) is 1.06. The van der Waals surface area contributed by atoms with Crippen LogP contribution in [0, 0.1) is 6.92 Å². The third kappa shape index (κ3) is 7.44. The minimum atomic E-state index is -4.62. The first-order valence-corrected chi connectivity index (χ1v) is 12.3. The largest absolute Gasteiger partial charge is 0.480 e. The molecular formula is C22H27N3O10S. The molecule has 13 nitrogen and oxygen atoms in total. The van der Waals surface area contributed by atoms with E-state index in [1.165, 1.54) is 11.8 Å².